The van der Waals surface area contributed by atoms with Gasteiger partial charge in [0.1, 0.15) is 5.75 Å². The molecule has 172 valence electrons. The predicted octanol–water partition coefficient (Wildman–Crippen LogP) is 3.10. The van der Waals surface area contributed by atoms with Crippen LogP contribution in [0.5, 0.6) is 5.75 Å². The second kappa shape index (κ2) is 10.5. The lowest BCUT2D eigenvalue weighted by Crippen LogP contribution is -2.44. The molecular formula is C23H22ClN3O5S. The van der Waals surface area contributed by atoms with Crippen molar-refractivity contribution in [2.24, 2.45) is 0 Å². The number of hydrogen-bond donors (Lipinski definition) is 2. The third-order valence-corrected chi connectivity index (χ3v) is 6.75. The molecule has 0 aromatic heterocycles. The Hall–Kier alpha value is -3.40. The van der Waals surface area contributed by atoms with Gasteiger partial charge < -0.3 is 4.74 Å². The van der Waals surface area contributed by atoms with Crippen molar-refractivity contribution in [3.05, 3.63) is 83.4 Å². The molecule has 2 N–H and O–H groups in total. The lowest BCUT2D eigenvalue weighted by molar-refractivity contribution is -0.123. The molecule has 0 saturated carbocycles. The first-order valence-electron chi connectivity index (χ1n) is 9.78. The molecule has 0 heterocycles. The number of nitrogens with zero attached hydrogens (tertiary/aromatic N) is 1. The highest BCUT2D eigenvalue weighted by Crippen LogP contribution is 2.29. The molecule has 3 aromatic rings. The Balaban J connectivity index is 1.63. The van der Waals surface area contributed by atoms with E-state index in [1.165, 1.54) is 26.2 Å². The standard InChI is InChI=1S/C23H22ClN3O5S/c1-27(2)33(30,31)17-12-13-20(24)19(14-17)23(29)26-25-22(28)15-32-21-11-7-6-10-18(21)16-8-4-3-5-9-16/h3-14H,15H2,1-2H3,(H,25,28)(H,26,29). The van der Waals surface area contributed by atoms with E-state index in [1.807, 2.05) is 42.5 Å². The van der Waals surface area contributed by atoms with Crippen LogP contribution in [0.4, 0.5) is 0 Å². The number of nitrogens with one attached hydrogen (secondary N) is 2. The van der Waals surface area contributed by atoms with Crippen LogP contribution in [0, 0.1) is 0 Å². The molecule has 0 unspecified atom stereocenters. The molecule has 0 aliphatic rings. The summed E-state index contributed by atoms with van der Waals surface area (Å²) in [7, 11) is -1.01. The maximum atomic E-state index is 12.5. The molecule has 3 aromatic carbocycles. The molecule has 0 aliphatic heterocycles. The molecule has 0 fully saturated rings. The van der Waals surface area contributed by atoms with Crippen molar-refractivity contribution < 1.29 is 22.7 Å². The SMILES string of the molecule is CN(C)S(=O)(=O)c1ccc(Cl)c(C(=O)NNC(=O)COc2ccccc2-c2ccccc2)c1. The fraction of sp³-hybridized carbons (Fsp3) is 0.130. The number of hydrogen-bond acceptors (Lipinski definition) is 5. The number of ether oxygens (including phenoxy) is 1. The molecule has 2 amide bonds. The minimum atomic E-state index is -3.76. The third kappa shape index (κ3) is 5.89. The highest BCUT2D eigenvalue weighted by molar-refractivity contribution is 7.89. The number of hydrazine groups is 1. The summed E-state index contributed by atoms with van der Waals surface area (Å²) in [6.07, 6.45) is 0. The number of rotatable bonds is 7. The number of carbonyl (C=O) groups excluding carboxylic acids is 2. The number of carbonyl (C=O) groups is 2. The smallest absolute Gasteiger partial charge is 0.276 e. The van der Waals surface area contributed by atoms with E-state index >= 15 is 0 Å². The van der Waals surface area contributed by atoms with Crippen molar-refractivity contribution in [1.82, 2.24) is 15.2 Å². The van der Waals surface area contributed by atoms with Gasteiger partial charge in [0.2, 0.25) is 10.0 Å². The van der Waals surface area contributed by atoms with Crippen LogP contribution >= 0.6 is 11.6 Å². The van der Waals surface area contributed by atoms with Crippen LogP contribution in [0.15, 0.2) is 77.7 Å². The van der Waals surface area contributed by atoms with E-state index in [9.17, 15) is 18.0 Å². The minimum absolute atomic E-state index is 0.0347. The monoisotopic (exact) mass is 487 g/mol. The maximum absolute atomic E-state index is 12.5. The first-order valence-corrected chi connectivity index (χ1v) is 11.6. The van der Waals surface area contributed by atoms with Crippen molar-refractivity contribution in [3.8, 4) is 16.9 Å². The molecule has 0 atom stereocenters. The van der Waals surface area contributed by atoms with Crippen LogP contribution in [0.25, 0.3) is 11.1 Å². The van der Waals surface area contributed by atoms with Crippen molar-refractivity contribution in [3.63, 3.8) is 0 Å². The Morgan fingerprint density at radius 3 is 2.30 bits per heavy atom. The molecule has 0 radical (unpaired) electrons. The number of sulfonamides is 1. The summed E-state index contributed by atoms with van der Waals surface area (Å²) in [5, 5.41) is 0.0347. The fourth-order valence-corrected chi connectivity index (χ4v) is 4.00. The lowest BCUT2D eigenvalue weighted by Gasteiger charge is -2.14. The van der Waals surface area contributed by atoms with Gasteiger partial charge >= 0.3 is 0 Å². The summed E-state index contributed by atoms with van der Waals surface area (Å²) in [4.78, 5) is 24.6. The molecule has 3 rings (SSSR count). The number of amides is 2. The molecule has 0 saturated heterocycles. The Morgan fingerprint density at radius 2 is 1.61 bits per heavy atom. The van der Waals surface area contributed by atoms with Gasteiger partial charge in [-0.3, -0.25) is 20.4 Å². The number of halogens is 1. The molecule has 33 heavy (non-hydrogen) atoms. The van der Waals surface area contributed by atoms with Gasteiger partial charge in [0.25, 0.3) is 11.8 Å². The van der Waals surface area contributed by atoms with E-state index in [4.69, 9.17) is 16.3 Å². The van der Waals surface area contributed by atoms with Crippen LogP contribution < -0.4 is 15.6 Å². The molecule has 8 nitrogen and oxygen atoms in total. The molecular weight excluding hydrogens is 466 g/mol. The first kappa shape index (κ1) is 24.2. The van der Waals surface area contributed by atoms with Crippen LogP contribution in [-0.4, -0.2) is 45.2 Å². The third-order valence-electron chi connectivity index (χ3n) is 4.61. The zero-order chi connectivity index (χ0) is 24.0. The van der Waals surface area contributed by atoms with Crippen molar-refractivity contribution in [2.75, 3.05) is 20.7 Å². The summed E-state index contributed by atoms with van der Waals surface area (Å²) in [5.74, 6) is -0.872. The van der Waals surface area contributed by atoms with Crippen LogP contribution in [0.3, 0.4) is 0 Å². The highest BCUT2D eigenvalue weighted by atomic mass is 35.5. The average Bonchev–Trinajstić information content (AvgIpc) is 2.82. The van der Waals surface area contributed by atoms with E-state index in [2.05, 4.69) is 10.9 Å². The average molecular weight is 488 g/mol. The van der Waals surface area contributed by atoms with E-state index in [0.717, 1.165) is 21.5 Å². The Kier molecular flexibility index (Phi) is 7.70. The number of para-hydroxylation sites is 1. The molecule has 0 spiro atoms. The molecule has 0 bridgehead atoms. The van der Waals surface area contributed by atoms with Gasteiger partial charge in [-0.2, -0.15) is 0 Å². The lowest BCUT2D eigenvalue weighted by atomic mass is 10.1. The Morgan fingerprint density at radius 1 is 0.939 bits per heavy atom. The summed E-state index contributed by atoms with van der Waals surface area (Å²) in [5.41, 5.74) is 6.11. The van der Waals surface area contributed by atoms with Gasteiger partial charge in [-0.25, -0.2) is 12.7 Å². The zero-order valence-corrected chi connectivity index (χ0v) is 19.5. The van der Waals surface area contributed by atoms with Gasteiger partial charge in [-0.1, -0.05) is 60.1 Å². The van der Waals surface area contributed by atoms with E-state index in [1.54, 1.807) is 12.1 Å². The minimum Gasteiger partial charge on any atom is -0.483 e. The predicted molar refractivity (Wildman–Crippen MR) is 125 cm³/mol. The first-order chi connectivity index (χ1) is 15.7. The Bertz CT molecular complexity index is 1260. The summed E-state index contributed by atoms with van der Waals surface area (Å²) in [6.45, 7) is -0.354. The summed E-state index contributed by atoms with van der Waals surface area (Å²) < 4.78 is 31.2. The van der Waals surface area contributed by atoms with E-state index < -0.39 is 21.8 Å². The van der Waals surface area contributed by atoms with Gasteiger partial charge in [-0.05, 0) is 29.8 Å². The normalized spacial score (nSPS) is 11.2. The topological polar surface area (TPSA) is 105 Å². The zero-order valence-electron chi connectivity index (χ0n) is 17.9. The van der Waals surface area contributed by atoms with Gasteiger partial charge in [0, 0.05) is 19.7 Å². The van der Waals surface area contributed by atoms with E-state index in [-0.39, 0.29) is 22.1 Å². The Labute approximate surface area is 197 Å². The van der Waals surface area contributed by atoms with Crippen LogP contribution in [0.1, 0.15) is 10.4 Å². The molecule has 10 heteroatoms. The van der Waals surface area contributed by atoms with Crippen molar-refractivity contribution in [2.45, 2.75) is 4.90 Å². The maximum Gasteiger partial charge on any atom is 0.276 e. The highest BCUT2D eigenvalue weighted by Gasteiger charge is 2.21. The second-order valence-corrected chi connectivity index (χ2v) is 9.64. The van der Waals surface area contributed by atoms with Crippen LogP contribution in [-0.2, 0) is 14.8 Å². The summed E-state index contributed by atoms with van der Waals surface area (Å²) >= 11 is 6.05. The van der Waals surface area contributed by atoms with Crippen molar-refractivity contribution in [1.29, 1.82) is 0 Å². The molecule has 0 aliphatic carbocycles. The van der Waals surface area contributed by atoms with E-state index in [0.29, 0.717) is 5.75 Å². The van der Waals surface area contributed by atoms with Crippen molar-refractivity contribution >= 4 is 33.4 Å². The van der Waals surface area contributed by atoms with Gasteiger partial charge in [-0.15, -0.1) is 0 Å². The fourth-order valence-electron chi connectivity index (χ4n) is 2.87. The largest absolute Gasteiger partial charge is 0.483 e. The second-order valence-electron chi connectivity index (χ2n) is 7.08. The quantitative estimate of drug-likeness (QED) is 0.498. The summed E-state index contributed by atoms with van der Waals surface area (Å²) in [6, 6.07) is 20.6. The van der Waals surface area contributed by atoms with Gasteiger partial charge in [0.05, 0.1) is 15.5 Å². The van der Waals surface area contributed by atoms with Gasteiger partial charge in [0.15, 0.2) is 6.61 Å². The number of benzene rings is 3. The van der Waals surface area contributed by atoms with Crippen LogP contribution in [0.2, 0.25) is 5.02 Å².